The molecule has 11 heteroatoms. The van der Waals surface area contributed by atoms with Gasteiger partial charge >= 0.3 is 0 Å². The van der Waals surface area contributed by atoms with Gasteiger partial charge in [0, 0.05) is 44.5 Å². The molecule has 2 fully saturated rings. The van der Waals surface area contributed by atoms with E-state index in [0.29, 0.717) is 42.3 Å². The van der Waals surface area contributed by atoms with Gasteiger partial charge in [-0.3, -0.25) is 9.59 Å². The molecule has 2 N–H and O–H groups in total. The number of fused-ring (bicyclic) bond motifs is 1. The number of aryl methyl sites for hydroxylation is 2. The summed E-state index contributed by atoms with van der Waals surface area (Å²) in [5.74, 6) is 1.98. The lowest BCUT2D eigenvalue weighted by molar-refractivity contribution is -0.139. The van der Waals surface area contributed by atoms with Crippen LogP contribution >= 0.6 is 0 Å². The van der Waals surface area contributed by atoms with Gasteiger partial charge < -0.3 is 20.1 Å². The average molecular weight is 450 g/mol. The molecule has 2 amide bonds. The molecule has 11 nitrogen and oxygen atoms in total. The minimum absolute atomic E-state index is 0.0567. The molecule has 0 bridgehead atoms. The predicted molar refractivity (Wildman–Crippen MR) is 121 cm³/mol. The molecule has 1 aliphatic heterocycles. The van der Waals surface area contributed by atoms with Crippen molar-refractivity contribution in [1.29, 1.82) is 0 Å². The summed E-state index contributed by atoms with van der Waals surface area (Å²) in [4.78, 5) is 49.3. The second-order valence-corrected chi connectivity index (χ2v) is 8.56. The largest absolute Gasteiger partial charge is 0.363 e. The van der Waals surface area contributed by atoms with Gasteiger partial charge in [0.05, 0.1) is 5.56 Å². The van der Waals surface area contributed by atoms with Crippen molar-refractivity contribution in [3.05, 3.63) is 24.5 Å². The standard InChI is InChI=1S/C22H27N9O2/c1-4-30-19(14-8-24-12(2)25-9-14)29-17-18(26-11-27-20(17)30)28-15-7-16(21(32)23-3)31(10-15)22(33)13-5-6-13/h8-9,11,13,15-16H,4-7,10H2,1-3H3,(H,23,32)(H,26,27,28)/t15-,16-/m0/s1. The van der Waals surface area contributed by atoms with Gasteiger partial charge in [0.2, 0.25) is 11.8 Å². The molecule has 4 heterocycles. The molecular formula is C22H27N9O2. The minimum Gasteiger partial charge on any atom is -0.363 e. The van der Waals surface area contributed by atoms with E-state index in [0.717, 1.165) is 24.2 Å². The van der Waals surface area contributed by atoms with Crippen LogP contribution in [0.4, 0.5) is 5.82 Å². The van der Waals surface area contributed by atoms with Crippen molar-refractivity contribution in [3.8, 4) is 11.4 Å². The molecule has 2 atom stereocenters. The topological polar surface area (TPSA) is 131 Å². The van der Waals surface area contributed by atoms with Crippen LogP contribution in [0.3, 0.4) is 0 Å². The molecular weight excluding hydrogens is 422 g/mol. The van der Waals surface area contributed by atoms with E-state index in [2.05, 4.69) is 30.6 Å². The van der Waals surface area contributed by atoms with E-state index in [9.17, 15) is 9.59 Å². The van der Waals surface area contributed by atoms with Gasteiger partial charge in [-0.2, -0.15) is 0 Å². The number of nitrogens with zero attached hydrogens (tertiary/aromatic N) is 7. The maximum absolute atomic E-state index is 12.8. The second-order valence-electron chi connectivity index (χ2n) is 8.56. The highest BCUT2D eigenvalue weighted by molar-refractivity contribution is 5.90. The van der Waals surface area contributed by atoms with E-state index in [1.165, 1.54) is 6.33 Å². The molecule has 0 unspecified atom stereocenters. The van der Waals surface area contributed by atoms with Crippen molar-refractivity contribution in [2.75, 3.05) is 18.9 Å². The van der Waals surface area contributed by atoms with E-state index in [1.807, 2.05) is 18.4 Å². The lowest BCUT2D eigenvalue weighted by Gasteiger charge is -2.23. The monoisotopic (exact) mass is 449 g/mol. The quantitative estimate of drug-likeness (QED) is 0.573. The smallest absolute Gasteiger partial charge is 0.242 e. The average Bonchev–Trinajstić information content (AvgIpc) is 3.48. The predicted octanol–water partition coefficient (Wildman–Crippen LogP) is 1.15. The van der Waals surface area contributed by atoms with Gasteiger partial charge in [-0.25, -0.2) is 24.9 Å². The number of imidazole rings is 1. The molecule has 0 aromatic carbocycles. The molecule has 0 radical (unpaired) electrons. The first-order chi connectivity index (χ1) is 16.0. The first kappa shape index (κ1) is 21.2. The van der Waals surface area contributed by atoms with E-state index >= 15 is 0 Å². The van der Waals surface area contributed by atoms with Crippen molar-refractivity contribution < 1.29 is 9.59 Å². The van der Waals surface area contributed by atoms with Crippen LogP contribution in [0, 0.1) is 12.8 Å². The number of hydrogen-bond donors (Lipinski definition) is 2. The van der Waals surface area contributed by atoms with E-state index in [-0.39, 0.29) is 23.8 Å². The SMILES string of the molecule is CCn1c(-c2cnc(C)nc2)nc2c(N[C@H]3C[C@@H](C(=O)NC)N(C(=O)C4CC4)C3)ncnc21. The highest BCUT2D eigenvalue weighted by Crippen LogP contribution is 2.35. The van der Waals surface area contributed by atoms with Gasteiger partial charge in [0.25, 0.3) is 0 Å². The second kappa shape index (κ2) is 8.38. The van der Waals surface area contributed by atoms with Crippen molar-refractivity contribution in [2.24, 2.45) is 5.92 Å². The van der Waals surface area contributed by atoms with Crippen LogP contribution in [0.2, 0.25) is 0 Å². The number of aromatic nitrogens is 6. The van der Waals surface area contributed by atoms with Gasteiger partial charge in [-0.15, -0.1) is 0 Å². The summed E-state index contributed by atoms with van der Waals surface area (Å²) in [5, 5.41) is 6.12. The Balaban J connectivity index is 1.46. The van der Waals surface area contributed by atoms with Crippen LogP contribution in [0.5, 0.6) is 0 Å². The maximum atomic E-state index is 12.8. The van der Waals surface area contributed by atoms with Gasteiger partial charge in [-0.05, 0) is 33.1 Å². The minimum atomic E-state index is -0.480. The molecule has 172 valence electrons. The fourth-order valence-corrected chi connectivity index (χ4v) is 4.43. The Morgan fingerprint density at radius 2 is 1.91 bits per heavy atom. The zero-order valence-electron chi connectivity index (χ0n) is 18.9. The number of nitrogens with one attached hydrogen (secondary N) is 2. The van der Waals surface area contributed by atoms with Crippen molar-refractivity contribution in [2.45, 2.75) is 51.7 Å². The van der Waals surface area contributed by atoms with E-state index < -0.39 is 6.04 Å². The Morgan fingerprint density at radius 3 is 2.58 bits per heavy atom. The fourth-order valence-electron chi connectivity index (χ4n) is 4.43. The number of carbonyl (C=O) groups excluding carboxylic acids is 2. The Labute approximate surface area is 191 Å². The third-order valence-electron chi connectivity index (χ3n) is 6.29. The Hall–Kier alpha value is -3.63. The van der Waals surface area contributed by atoms with Crippen LogP contribution in [-0.2, 0) is 16.1 Å². The number of likely N-dealkylation sites (N-methyl/N-ethyl adjacent to an activating group) is 1. The fraction of sp³-hybridized carbons (Fsp3) is 0.500. The third-order valence-corrected chi connectivity index (χ3v) is 6.29. The number of rotatable bonds is 6. The van der Waals surface area contributed by atoms with Crippen LogP contribution in [-0.4, -0.2) is 71.9 Å². The van der Waals surface area contributed by atoms with Gasteiger partial charge in [0.15, 0.2) is 17.0 Å². The highest BCUT2D eigenvalue weighted by atomic mass is 16.2. The van der Waals surface area contributed by atoms with Crippen LogP contribution in [0.1, 0.15) is 32.0 Å². The summed E-state index contributed by atoms with van der Waals surface area (Å²) in [7, 11) is 1.60. The maximum Gasteiger partial charge on any atom is 0.242 e. The van der Waals surface area contributed by atoms with Crippen molar-refractivity contribution in [1.82, 2.24) is 39.7 Å². The molecule has 3 aromatic rings. The van der Waals surface area contributed by atoms with Crippen LogP contribution < -0.4 is 10.6 Å². The first-order valence-corrected chi connectivity index (χ1v) is 11.3. The summed E-state index contributed by atoms with van der Waals surface area (Å²) in [6, 6.07) is -0.600. The summed E-state index contributed by atoms with van der Waals surface area (Å²) < 4.78 is 2.00. The Kier molecular flexibility index (Phi) is 5.39. The summed E-state index contributed by atoms with van der Waals surface area (Å²) in [5.41, 5.74) is 2.14. The number of likely N-dealkylation sites (tertiary alicyclic amines) is 1. The molecule has 1 aliphatic carbocycles. The zero-order chi connectivity index (χ0) is 23.1. The molecule has 5 rings (SSSR count). The third kappa shape index (κ3) is 3.87. The molecule has 3 aromatic heterocycles. The van der Waals surface area contributed by atoms with Crippen LogP contribution in [0.15, 0.2) is 18.7 Å². The first-order valence-electron chi connectivity index (χ1n) is 11.3. The summed E-state index contributed by atoms with van der Waals surface area (Å²) >= 11 is 0. The van der Waals surface area contributed by atoms with Crippen LogP contribution in [0.25, 0.3) is 22.6 Å². The molecule has 0 spiro atoms. The number of carbonyl (C=O) groups is 2. The van der Waals surface area contributed by atoms with Crippen molar-refractivity contribution >= 4 is 28.8 Å². The van der Waals surface area contributed by atoms with Gasteiger partial charge in [0.1, 0.15) is 24.0 Å². The lowest BCUT2D eigenvalue weighted by Crippen LogP contribution is -2.45. The van der Waals surface area contributed by atoms with E-state index in [1.54, 1.807) is 24.3 Å². The number of hydrogen-bond acceptors (Lipinski definition) is 8. The number of amides is 2. The molecule has 1 saturated carbocycles. The Morgan fingerprint density at radius 1 is 1.15 bits per heavy atom. The molecule has 1 saturated heterocycles. The van der Waals surface area contributed by atoms with Gasteiger partial charge in [-0.1, -0.05) is 0 Å². The highest BCUT2D eigenvalue weighted by Gasteiger charge is 2.44. The summed E-state index contributed by atoms with van der Waals surface area (Å²) in [6.45, 7) is 4.99. The molecule has 33 heavy (non-hydrogen) atoms. The Bertz CT molecular complexity index is 1200. The summed E-state index contributed by atoms with van der Waals surface area (Å²) in [6.07, 6.45) is 7.33. The normalized spacial score (nSPS) is 20.3. The van der Waals surface area contributed by atoms with E-state index in [4.69, 9.17) is 4.98 Å². The lowest BCUT2D eigenvalue weighted by atomic mass is 10.1. The van der Waals surface area contributed by atoms with Crippen molar-refractivity contribution in [3.63, 3.8) is 0 Å². The molecule has 2 aliphatic rings. The number of anilines is 1. The zero-order valence-corrected chi connectivity index (χ0v) is 18.9.